The summed E-state index contributed by atoms with van der Waals surface area (Å²) in [6.45, 7) is 5.10. The van der Waals surface area contributed by atoms with E-state index in [1.54, 1.807) is 12.3 Å². The van der Waals surface area contributed by atoms with Crippen molar-refractivity contribution >= 4 is 5.91 Å². The van der Waals surface area contributed by atoms with Crippen LogP contribution in [0.1, 0.15) is 30.6 Å². The quantitative estimate of drug-likeness (QED) is 0.802. The van der Waals surface area contributed by atoms with Crippen LogP contribution in [0.3, 0.4) is 0 Å². The van der Waals surface area contributed by atoms with Crippen LogP contribution in [0.4, 0.5) is 0 Å². The van der Waals surface area contributed by atoms with E-state index in [0.29, 0.717) is 18.7 Å². The van der Waals surface area contributed by atoms with E-state index in [-0.39, 0.29) is 11.5 Å². The molecule has 0 aliphatic heterocycles. The fourth-order valence-electron chi connectivity index (χ4n) is 1.25. The lowest BCUT2D eigenvalue weighted by atomic mass is 10.2. The van der Waals surface area contributed by atoms with E-state index in [0.717, 1.165) is 6.42 Å². The van der Waals surface area contributed by atoms with Gasteiger partial charge in [0.05, 0.1) is 5.56 Å². The van der Waals surface area contributed by atoms with Crippen molar-refractivity contribution in [3.8, 4) is 0 Å². The van der Waals surface area contributed by atoms with Crippen LogP contribution in [0.25, 0.3) is 0 Å². The largest absolute Gasteiger partial charge is 0.352 e. The Bertz CT molecular complexity index is 396. The summed E-state index contributed by atoms with van der Waals surface area (Å²) in [5.74, 6) is -0.126. The molecule has 0 spiro atoms. The van der Waals surface area contributed by atoms with Gasteiger partial charge in [-0.3, -0.25) is 9.59 Å². The number of carbonyl (C=O) groups is 1. The maximum absolute atomic E-state index is 11.6. The van der Waals surface area contributed by atoms with Crippen molar-refractivity contribution in [1.29, 1.82) is 0 Å². The number of carbonyl (C=O) groups excluding carboxylic acids is 1. The number of pyridine rings is 1. The third-order valence-corrected chi connectivity index (χ3v) is 2.12. The van der Waals surface area contributed by atoms with Crippen molar-refractivity contribution in [2.75, 3.05) is 6.54 Å². The minimum absolute atomic E-state index is 0.0791. The molecule has 1 amide bonds. The fraction of sp³-hybridized carbons (Fsp3) is 0.455. The van der Waals surface area contributed by atoms with Gasteiger partial charge in [-0.1, -0.05) is 6.92 Å². The van der Waals surface area contributed by atoms with E-state index < -0.39 is 0 Å². The first-order valence-corrected chi connectivity index (χ1v) is 5.17. The summed E-state index contributed by atoms with van der Waals surface area (Å²) >= 11 is 0. The number of nitrogens with zero attached hydrogens (tertiary/aromatic N) is 1. The summed E-state index contributed by atoms with van der Waals surface area (Å²) in [6.07, 6.45) is 2.49. The number of nitrogens with one attached hydrogen (secondary N) is 1. The van der Waals surface area contributed by atoms with Gasteiger partial charge in [-0.2, -0.15) is 0 Å². The average Bonchev–Trinajstić information content (AvgIpc) is 2.26. The Kier molecular flexibility index (Phi) is 4.09. The topological polar surface area (TPSA) is 51.1 Å². The Balaban J connectivity index is 2.86. The molecule has 4 nitrogen and oxygen atoms in total. The minimum Gasteiger partial charge on any atom is -0.352 e. The Morgan fingerprint density at radius 2 is 2.13 bits per heavy atom. The maximum atomic E-state index is 11.6. The number of aryl methyl sites for hydroxylation is 1. The van der Waals surface area contributed by atoms with Gasteiger partial charge in [0.1, 0.15) is 0 Å². The fourth-order valence-corrected chi connectivity index (χ4v) is 1.25. The molecule has 0 aliphatic rings. The van der Waals surface area contributed by atoms with Crippen molar-refractivity contribution in [1.82, 2.24) is 9.88 Å². The smallest absolute Gasteiger partial charge is 0.252 e. The molecule has 1 aromatic rings. The van der Waals surface area contributed by atoms with Gasteiger partial charge in [0.15, 0.2) is 0 Å². The van der Waals surface area contributed by atoms with Crippen LogP contribution in [0.15, 0.2) is 23.1 Å². The first-order chi connectivity index (χ1) is 7.19. The average molecular weight is 208 g/mol. The van der Waals surface area contributed by atoms with Gasteiger partial charge in [-0.15, -0.1) is 0 Å². The SMILES string of the molecule is CCCNC(=O)c1ccc(=O)n(CC)c1. The van der Waals surface area contributed by atoms with Crippen molar-refractivity contribution in [3.05, 3.63) is 34.2 Å². The van der Waals surface area contributed by atoms with E-state index in [9.17, 15) is 9.59 Å². The molecule has 4 heteroatoms. The maximum Gasteiger partial charge on any atom is 0.252 e. The highest BCUT2D eigenvalue weighted by atomic mass is 16.1. The van der Waals surface area contributed by atoms with Crippen LogP contribution in [0.2, 0.25) is 0 Å². The number of rotatable bonds is 4. The molecule has 15 heavy (non-hydrogen) atoms. The lowest BCUT2D eigenvalue weighted by molar-refractivity contribution is 0.0953. The van der Waals surface area contributed by atoms with Gasteiger partial charge in [0.2, 0.25) is 0 Å². The predicted molar refractivity (Wildman–Crippen MR) is 59.0 cm³/mol. The summed E-state index contributed by atoms with van der Waals surface area (Å²) in [6, 6.07) is 2.98. The Hall–Kier alpha value is -1.58. The first-order valence-electron chi connectivity index (χ1n) is 5.17. The van der Waals surface area contributed by atoms with Gasteiger partial charge >= 0.3 is 0 Å². The third kappa shape index (κ3) is 2.94. The molecule has 0 fully saturated rings. The lowest BCUT2D eigenvalue weighted by Gasteiger charge is -2.06. The molecule has 0 aromatic carbocycles. The summed E-state index contributed by atoms with van der Waals surface area (Å²) < 4.78 is 1.51. The molecule has 0 unspecified atom stereocenters. The molecule has 0 atom stereocenters. The molecular weight excluding hydrogens is 192 g/mol. The molecule has 1 N–H and O–H groups in total. The standard InChI is InChI=1S/C11H16N2O2/c1-3-7-12-11(15)9-5-6-10(14)13(4-2)8-9/h5-6,8H,3-4,7H2,1-2H3,(H,12,15). The molecule has 1 rings (SSSR count). The zero-order valence-electron chi connectivity index (χ0n) is 9.12. The molecule has 82 valence electrons. The van der Waals surface area contributed by atoms with Gasteiger partial charge < -0.3 is 9.88 Å². The summed E-state index contributed by atoms with van der Waals surface area (Å²) in [7, 11) is 0. The minimum atomic E-state index is -0.126. The molecule has 1 aromatic heterocycles. The van der Waals surface area contributed by atoms with Crippen molar-refractivity contribution in [2.45, 2.75) is 26.8 Å². The molecule has 0 radical (unpaired) electrons. The third-order valence-electron chi connectivity index (χ3n) is 2.12. The molecular formula is C11H16N2O2. The molecule has 0 bridgehead atoms. The molecule has 1 heterocycles. The summed E-state index contributed by atoms with van der Waals surface area (Å²) in [5.41, 5.74) is 0.453. The second-order valence-electron chi connectivity index (χ2n) is 3.30. The van der Waals surface area contributed by atoms with E-state index in [1.807, 2.05) is 13.8 Å². The monoisotopic (exact) mass is 208 g/mol. The van der Waals surface area contributed by atoms with E-state index in [4.69, 9.17) is 0 Å². The number of hydrogen-bond donors (Lipinski definition) is 1. The highest BCUT2D eigenvalue weighted by Gasteiger charge is 2.05. The predicted octanol–water partition coefficient (Wildman–Crippen LogP) is 1.01. The van der Waals surface area contributed by atoms with E-state index in [2.05, 4.69) is 5.32 Å². The number of aromatic nitrogens is 1. The highest BCUT2D eigenvalue weighted by molar-refractivity contribution is 5.93. The van der Waals surface area contributed by atoms with Crippen molar-refractivity contribution in [2.24, 2.45) is 0 Å². The van der Waals surface area contributed by atoms with Crippen LogP contribution in [0, 0.1) is 0 Å². The van der Waals surface area contributed by atoms with Gasteiger partial charge in [0.25, 0.3) is 11.5 Å². The van der Waals surface area contributed by atoms with Crippen molar-refractivity contribution in [3.63, 3.8) is 0 Å². The number of hydrogen-bond acceptors (Lipinski definition) is 2. The Labute approximate surface area is 88.9 Å². The first kappa shape index (κ1) is 11.5. The zero-order valence-corrected chi connectivity index (χ0v) is 9.12. The normalized spacial score (nSPS) is 10.0. The summed E-state index contributed by atoms with van der Waals surface area (Å²) in [4.78, 5) is 22.8. The molecule has 0 saturated carbocycles. The Morgan fingerprint density at radius 3 is 2.73 bits per heavy atom. The zero-order chi connectivity index (χ0) is 11.3. The van der Waals surface area contributed by atoms with Crippen LogP contribution < -0.4 is 10.9 Å². The second kappa shape index (κ2) is 5.34. The van der Waals surface area contributed by atoms with Crippen LogP contribution in [0.5, 0.6) is 0 Å². The van der Waals surface area contributed by atoms with Gasteiger partial charge in [0, 0.05) is 25.4 Å². The molecule has 0 saturated heterocycles. The van der Waals surface area contributed by atoms with E-state index >= 15 is 0 Å². The summed E-state index contributed by atoms with van der Waals surface area (Å²) in [5, 5.41) is 2.77. The second-order valence-corrected chi connectivity index (χ2v) is 3.30. The van der Waals surface area contributed by atoms with Crippen LogP contribution in [-0.4, -0.2) is 17.0 Å². The van der Waals surface area contributed by atoms with E-state index in [1.165, 1.54) is 10.6 Å². The van der Waals surface area contributed by atoms with Crippen molar-refractivity contribution < 1.29 is 4.79 Å². The van der Waals surface area contributed by atoms with Gasteiger partial charge in [-0.05, 0) is 19.4 Å². The highest BCUT2D eigenvalue weighted by Crippen LogP contribution is 1.95. The Morgan fingerprint density at radius 1 is 1.40 bits per heavy atom. The van der Waals surface area contributed by atoms with Crippen LogP contribution in [-0.2, 0) is 6.54 Å². The molecule has 0 aliphatic carbocycles. The lowest BCUT2D eigenvalue weighted by Crippen LogP contribution is -2.26. The van der Waals surface area contributed by atoms with Crippen LogP contribution >= 0.6 is 0 Å². The van der Waals surface area contributed by atoms with Gasteiger partial charge in [-0.25, -0.2) is 0 Å². The number of amides is 1.